The van der Waals surface area contributed by atoms with Crippen molar-refractivity contribution in [3.8, 4) is 0 Å². The van der Waals surface area contributed by atoms with Gasteiger partial charge in [0.15, 0.2) is 5.78 Å². The number of pyridine rings is 1. The third kappa shape index (κ3) is 6.60. The maximum absolute atomic E-state index is 12.2. The lowest BCUT2D eigenvalue weighted by molar-refractivity contribution is -0.151. The molecule has 0 aromatic carbocycles. The zero-order valence-electron chi connectivity index (χ0n) is 14.4. The molecule has 0 amide bonds. The Hall–Kier alpha value is -1.36. The van der Waals surface area contributed by atoms with E-state index >= 15 is 0 Å². The van der Waals surface area contributed by atoms with Crippen molar-refractivity contribution in [1.29, 1.82) is 0 Å². The van der Waals surface area contributed by atoms with Crippen LogP contribution >= 0.6 is 11.8 Å². The Morgan fingerprint density at radius 2 is 1.91 bits per heavy atom. The number of thioether (sulfide) groups is 1. The highest BCUT2D eigenvalue weighted by molar-refractivity contribution is 7.97. The highest BCUT2D eigenvalue weighted by Crippen LogP contribution is 2.25. The van der Waals surface area contributed by atoms with E-state index in [1.807, 2.05) is 19.4 Å². The normalized spacial score (nSPS) is 10.5. The van der Waals surface area contributed by atoms with Crippen LogP contribution in [0.2, 0.25) is 0 Å². The fourth-order valence-electron chi connectivity index (χ4n) is 1.91. The van der Waals surface area contributed by atoms with Gasteiger partial charge in [0.1, 0.15) is 0 Å². The number of esters is 1. The van der Waals surface area contributed by atoms with Gasteiger partial charge in [0.05, 0.1) is 18.2 Å². The Morgan fingerprint density at radius 3 is 2.41 bits per heavy atom. The number of rotatable bonds is 6. The first kappa shape index (κ1) is 20.6. The molecule has 0 spiro atoms. The van der Waals surface area contributed by atoms with E-state index in [4.69, 9.17) is 4.74 Å². The summed E-state index contributed by atoms with van der Waals surface area (Å²) in [6.07, 6.45) is 7.29. The van der Waals surface area contributed by atoms with Gasteiger partial charge in [-0.25, -0.2) is 0 Å². The van der Waals surface area contributed by atoms with E-state index < -0.39 is 5.41 Å². The number of ketones is 1. The number of nitrogens with zero attached hydrogens (tertiary/aromatic N) is 1. The molecule has 0 unspecified atom stereocenters. The molecule has 1 aromatic rings. The molecule has 1 aromatic heterocycles. The first-order valence-electron chi connectivity index (χ1n) is 7.29. The maximum Gasteiger partial charge on any atom is 0.311 e. The Kier molecular flexibility index (Phi) is 9.74. The predicted octanol–water partition coefficient (Wildman–Crippen LogP) is 3.79. The average molecular weight is 325 g/mol. The van der Waals surface area contributed by atoms with Crippen LogP contribution in [0.5, 0.6) is 0 Å². The summed E-state index contributed by atoms with van der Waals surface area (Å²) in [5, 5.41) is 0. The molecule has 5 heteroatoms. The standard InChI is InChI=1S/C15H21NO3.C2H6S/c1-5-12-11(7-6-10-16-12)13(17)8-9-15(2,3)14(18)19-4;1-3-2/h6-7,10H,5,8-9H2,1-4H3;1-2H3. The number of aryl methyl sites for hydroxylation is 1. The number of Topliss-reactive ketones (excluding diaryl/α,β-unsaturated/α-hetero) is 1. The molecule has 4 nitrogen and oxygen atoms in total. The molecule has 1 rings (SSSR count). The monoisotopic (exact) mass is 325 g/mol. The molecular weight excluding hydrogens is 298 g/mol. The molecule has 0 aliphatic rings. The summed E-state index contributed by atoms with van der Waals surface area (Å²) in [6, 6.07) is 3.55. The van der Waals surface area contributed by atoms with Gasteiger partial charge in [-0.3, -0.25) is 14.6 Å². The number of hydrogen-bond donors (Lipinski definition) is 0. The van der Waals surface area contributed by atoms with Crippen LogP contribution in [0.25, 0.3) is 0 Å². The van der Waals surface area contributed by atoms with Crippen LogP contribution in [-0.4, -0.2) is 36.4 Å². The fraction of sp³-hybridized carbons (Fsp3) is 0.588. The topological polar surface area (TPSA) is 56.3 Å². The molecular formula is C17H27NO3S. The number of ether oxygens (including phenoxy) is 1. The van der Waals surface area contributed by atoms with Crippen LogP contribution in [-0.2, 0) is 16.0 Å². The summed E-state index contributed by atoms with van der Waals surface area (Å²) in [4.78, 5) is 28.0. The number of carbonyl (C=O) groups is 2. The first-order chi connectivity index (χ1) is 10.3. The third-order valence-corrected chi connectivity index (χ3v) is 3.24. The number of methoxy groups -OCH3 is 1. The van der Waals surface area contributed by atoms with Crippen LogP contribution in [0.15, 0.2) is 18.3 Å². The van der Waals surface area contributed by atoms with E-state index in [0.29, 0.717) is 18.4 Å². The van der Waals surface area contributed by atoms with Crippen LogP contribution in [0.4, 0.5) is 0 Å². The summed E-state index contributed by atoms with van der Waals surface area (Å²) < 4.78 is 4.74. The van der Waals surface area contributed by atoms with Crippen molar-refractivity contribution in [3.05, 3.63) is 29.6 Å². The van der Waals surface area contributed by atoms with E-state index in [1.54, 1.807) is 43.9 Å². The van der Waals surface area contributed by atoms with Crippen LogP contribution < -0.4 is 0 Å². The van der Waals surface area contributed by atoms with Gasteiger partial charge in [0.25, 0.3) is 0 Å². The van der Waals surface area contributed by atoms with Crippen molar-refractivity contribution >= 4 is 23.5 Å². The zero-order valence-corrected chi connectivity index (χ0v) is 15.3. The van der Waals surface area contributed by atoms with Gasteiger partial charge < -0.3 is 4.74 Å². The minimum atomic E-state index is -0.640. The molecule has 0 atom stereocenters. The Morgan fingerprint density at radius 1 is 1.32 bits per heavy atom. The van der Waals surface area contributed by atoms with E-state index in [2.05, 4.69) is 4.98 Å². The largest absolute Gasteiger partial charge is 0.469 e. The van der Waals surface area contributed by atoms with Crippen LogP contribution in [0.1, 0.15) is 49.7 Å². The number of hydrogen-bond acceptors (Lipinski definition) is 5. The summed E-state index contributed by atoms with van der Waals surface area (Å²) in [7, 11) is 1.36. The molecule has 0 radical (unpaired) electrons. The lowest BCUT2D eigenvalue weighted by atomic mass is 9.86. The molecule has 124 valence electrons. The second-order valence-electron chi connectivity index (χ2n) is 5.56. The van der Waals surface area contributed by atoms with E-state index in [-0.39, 0.29) is 11.8 Å². The maximum atomic E-state index is 12.2. The highest BCUT2D eigenvalue weighted by atomic mass is 32.2. The zero-order chi connectivity index (χ0) is 17.2. The Balaban J connectivity index is 0.00000135. The minimum Gasteiger partial charge on any atom is -0.469 e. The van der Waals surface area contributed by atoms with Crippen molar-refractivity contribution in [3.63, 3.8) is 0 Å². The lowest BCUT2D eigenvalue weighted by Gasteiger charge is -2.20. The van der Waals surface area contributed by atoms with Gasteiger partial charge >= 0.3 is 5.97 Å². The van der Waals surface area contributed by atoms with Gasteiger partial charge in [-0.05, 0) is 51.3 Å². The molecule has 0 aliphatic carbocycles. The number of aromatic nitrogens is 1. The number of carbonyl (C=O) groups excluding carboxylic acids is 2. The second kappa shape index (κ2) is 10.4. The molecule has 0 saturated heterocycles. The quantitative estimate of drug-likeness (QED) is 0.588. The van der Waals surface area contributed by atoms with Crippen LogP contribution in [0.3, 0.4) is 0 Å². The van der Waals surface area contributed by atoms with E-state index in [1.165, 1.54) is 7.11 Å². The molecule has 0 aliphatic heterocycles. The Bertz CT molecular complexity index is 487. The van der Waals surface area contributed by atoms with Gasteiger partial charge in [-0.15, -0.1) is 0 Å². The van der Waals surface area contributed by atoms with Crippen molar-refractivity contribution in [2.45, 2.75) is 40.0 Å². The summed E-state index contributed by atoms with van der Waals surface area (Å²) in [5.74, 6) is -0.260. The average Bonchev–Trinajstić information content (AvgIpc) is 2.52. The van der Waals surface area contributed by atoms with Crippen molar-refractivity contribution < 1.29 is 14.3 Å². The highest BCUT2D eigenvalue weighted by Gasteiger charge is 2.29. The molecule has 0 bridgehead atoms. The molecule has 0 saturated carbocycles. The first-order valence-corrected chi connectivity index (χ1v) is 8.93. The summed E-state index contributed by atoms with van der Waals surface area (Å²) in [6.45, 7) is 5.55. The molecule has 22 heavy (non-hydrogen) atoms. The fourth-order valence-corrected chi connectivity index (χ4v) is 1.91. The van der Waals surface area contributed by atoms with Gasteiger partial charge in [0, 0.05) is 18.2 Å². The summed E-state index contributed by atoms with van der Waals surface area (Å²) in [5.41, 5.74) is 0.827. The van der Waals surface area contributed by atoms with E-state index in [0.717, 1.165) is 12.1 Å². The van der Waals surface area contributed by atoms with Gasteiger partial charge in [0.2, 0.25) is 0 Å². The lowest BCUT2D eigenvalue weighted by Crippen LogP contribution is -2.26. The minimum absolute atomic E-state index is 0.0296. The second-order valence-corrected chi connectivity index (χ2v) is 6.37. The van der Waals surface area contributed by atoms with Crippen molar-refractivity contribution in [1.82, 2.24) is 4.98 Å². The molecule has 0 N–H and O–H groups in total. The van der Waals surface area contributed by atoms with Gasteiger partial charge in [-0.2, -0.15) is 11.8 Å². The summed E-state index contributed by atoms with van der Waals surface area (Å²) >= 11 is 1.75. The smallest absolute Gasteiger partial charge is 0.311 e. The molecule has 0 fully saturated rings. The van der Waals surface area contributed by atoms with Gasteiger partial charge in [-0.1, -0.05) is 6.92 Å². The van der Waals surface area contributed by atoms with E-state index in [9.17, 15) is 9.59 Å². The molecule has 1 heterocycles. The van der Waals surface area contributed by atoms with Crippen molar-refractivity contribution in [2.24, 2.45) is 5.41 Å². The Labute approximate surface area is 138 Å². The van der Waals surface area contributed by atoms with Crippen LogP contribution in [0, 0.1) is 5.41 Å². The predicted molar refractivity (Wildman–Crippen MR) is 92.4 cm³/mol. The third-order valence-electron chi connectivity index (χ3n) is 3.24. The SMILES string of the molecule is CCc1ncccc1C(=O)CCC(C)(C)C(=O)OC.CSC. The van der Waals surface area contributed by atoms with Crippen molar-refractivity contribution in [2.75, 3.05) is 19.6 Å².